The van der Waals surface area contributed by atoms with Gasteiger partial charge < -0.3 is 16.4 Å². The lowest BCUT2D eigenvalue weighted by molar-refractivity contribution is 0.0474. The van der Waals surface area contributed by atoms with Gasteiger partial charge in [-0.3, -0.25) is 0 Å². The van der Waals surface area contributed by atoms with Crippen LogP contribution in [0.15, 0.2) is 0 Å². The Morgan fingerprint density at radius 1 is 1.20 bits per heavy atom. The zero-order valence-corrected chi connectivity index (χ0v) is 9.91. The molecule has 0 aromatic rings. The molecule has 0 aromatic heterocycles. The van der Waals surface area contributed by atoms with Crippen LogP contribution in [-0.4, -0.2) is 37.6 Å². The Labute approximate surface area is 93.2 Å². The van der Waals surface area contributed by atoms with Crippen molar-refractivity contribution in [3.8, 4) is 0 Å². The van der Waals surface area contributed by atoms with E-state index in [1.165, 1.54) is 32.4 Å². The van der Waals surface area contributed by atoms with Crippen LogP contribution < -0.4 is 11.5 Å². The second-order valence-corrected chi connectivity index (χ2v) is 5.32. The predicted molar refractivity (Wildman–Crippen MR) is 63.5 cm³/mol. The van der Waals surface area contributed by atoms with E-state index in [9.17, 15) is 0 Å². The average molecular weight is 211 g/mol. The first-order valence-electron chi connectivity index (χ1n) is 6.39. The zero-order chi connectivity index (χ0) is 10.9. The Morgan fingerprint density at radius 2 is 1.87 bits per heavy atom. The topological polar surface area (TPSA) is 55.3 Å². The smallest absolute Gasteiger partial charge is 0.0105 e. The fourth-order valence-electron chi connectivity index (χ4n) is 3.57. The van der Waals surface area contributed by atoms with E-state index < -0.39 is 0 Å². The molecule has 0 aromatic carbocycles. The van der Waals surface area contributed by atoms with Gasteiger partial charge in [-0.1, -0.05) is 13.3 Å². The fraction of sp³-hybridized carbons (Fsp3) is 1.00. The highest BCUT2D eigenvalue weighted by atomic mass is 15.2. The van der Waals surface area contributed by atoms with Crippen molar-refractivity contribution in [3.05, 3.63) is 0 Å². The summed E-state index contributed by atoms with van der Waals surface area (Å²) in [5.74, 6) is 1.59. The normalized spacial score (nSPS) is 34.6. The molecule has 88 valence electrons. The summed E-state index contributed by atoms with van der Waals surface area (Å²) in [6.07, 6.45) is 4.14. The van der Waals surface area contributed by atoms with Crippen molar-refractivity contribution in [2.45, 2.75) is 26.2 Å². The van der Waals surface area contributed by atoms with Crippen molar-refractivity contribution < 1.29 is 0 Å². The molecule has 2 aliphatic rings. The van der Waals surface area contributed by atoms with Crippen molar-refractivity contribution in [2.75, 3.05) is 32.7 Å². The molecule has 0 bridgehead atoms. The summed E-state index contributed by atoms with van der Waals surface area (Å²) in [5, 5.41) is 0. The van der Waals surface area contributed by atoms with Crippen molar-refractivity contribution in [2.24, 2.45) is 28.7 Å². The molecule has 2 atom stereocenters. The van der Waals surface area contributed by atoms with E-state index in [4.69, 9.17) is 11.5 Å². The van der Waals surface area contributed by atoms with Crippen LogP contribution in [0, 0.1) is 17.3 Å². The molecule has 1 aliphatic heterocycles. The minimum Gasteiger partial charge on any atom is -0.330 e. The Balaban J connectivity index is 2.03. The van der Waals surface area contributed by atoms with E-state index in [1.807, 2.05) is 0 Å². The highest BCUT2D eigenvalue weighted by Crippen LogP contribution is 2.60. The fourth-order valence-corrected chi connectivity index (χ4v) is 3.57. The van der Waals surface area contributed by atoms with Crippen LogP contribution in [-0.2, 0) is 0 Å². The first-order chi connectivity index (χ1) is 7.26. The predicted octanol–water partition coefficient (Wildman–Crippen LogP) is 0.642. The summed E-state index contributed by atoms with van der Waals surface area (Å²) < 4.78 is 0. The van der Waals surface area contributed by atoms with Gasteiger partial charge in [-0.25, -0.2) is 0 Å². The van der Waals surface area contributed by atoms with Gasteiger partial charge in [0, 0.05) is 26.2 Å². The molecule has 1 heterocycles. The molecule has 2 fully saturated rings. The highest BCUT2D eigenvalue weighted by Gasteiger charge is 2.55. The van der Waals surface area contributed by atoms with E-state index in [1.54, 1.807) is 0 Å². The Bertz CT molecular complexity index is 197. The largest absolute Gasteiger partial charge is 0.330 e. The van der Waals surface area contributed by atoms with E-state index in [2.05, 4.69) is 11.8 Å². The lowest BCUT2D eigenvalue weighted by Gasteiger charge is -2.44. The molecule has 4 N–H and O–H groups in total. The van der Waals surface area contributed by atoms with Crippen LogP contribution in [0.25, 0.3) is 0 Å². The number of hydrogen-bond acceptors (Lipinski definition) is 3. The van der Waals surface area contributed by atoms with Gasteiger partial charge in [0.05, 0.1) is 0 Å². The Hall–Kier alpha value is -0.120. The maximum atomic E-state index is 5.94. The van der Waals surface area contributed by atoms with Gasteiger partial charge in [-0.05, 0) is 36.6 Å². The van der Waals surface area contributed by atoms with E-state index >= 15 is 0 Å². The second kappa shape index (κ2) is 4.40. The molecule has 0 radical (unpaired) electrons. The first-order valence-corrected chi connectivity index (χ1v) is 6.39. The Kier molecular flexibility index (Phi) is 3.33. The van der Waals surface area contributed by atoms with Gasteiger partial charge in [0.25, 0.3) is 0 Å². The third-order valence-corrected chi connectivity index (χ3v) is 4.63. The molecule has 2 rings (SSSR count). The highest BCUT2D eigenvalue weighted by molar-refractivity contribution is 5.07. The van der Waals surface area contributed by atoms with Crippen molar-refractivity contribution in [1.82, 2.24) is 4.90 Å². The van der Waals surface area contributed by atoms with Gasteiger partial charge in [-0.2, -0.15) is 0 Å². The van der Waals surface area contributed by atoms with Gasteiger partial charge in [0.15, 0.2) is 0 Å². The van der Waals surface area contributed by atoms with Crippen LogP contribution in [0.3, 0.4) is 0 Å². The van der Waals surface area contributed by atoms with E-state index in [0.717, 1.165) is 31.5 Å². The van der Waals surface area contributed by atoms with Crippen LogP contribution >= 0.6 is 0 Å². The van der Waals surface area contributed by atoms with Gasteiger partial charge in [0.1, 0.15) is 0 Å². The molecule has 1 aliphatic carbocycles. The third-order valence-electron chi connectivity index (χ3n) is 4.63. The third kappa shape index (κ3) is 1.93. The molecule has 1 saturated heterocycles. The monoisotopic (exact) mass is 211 g/mol. The number of nitrogens with zero attached hydrogens (tertiary/aromatic N) is 1. The van der Waals surface area contributed by atoms with Crippen molar-refractivity contribution in [3.63, 3.8) is 0 Å². The van der Waals surface area contributed by atoms with Crippen molar-refractivity contribution >= 4 is 0 Å². The van der Waals surface area contributed by atoms with Gasteiger partial charge in [0.2, 0.25) is 0 Å². The minimum atomic E-state index is 0.634. The lowest BCUT2D eigenvalue weighted by Crippen LogP contribution is -2.50. The molecule has 1 saturated carbocycles. The molecule has 0 amide bonds. The molecule has 3 nitrogen and oxygen atoms in total. The van der Waals surface area contributed by atoms with E-state index in [-0.39, 0.29) is 0 Å². The SMILES string of the molecule is CCC1CN(CCN)CC(CN)C12CC2. The standard InChI is InChI=1S/C12H25N3/c1-2-10-8-15(6-5-13)9-11(7-14)12(10)3-4-12/h10-11H,2-9,13-14H2,1H3. The van der Waals surface area contributed by atoms with Crippen LogP contribution in [0.2, 0.25) is 0 Å². The van der Waals surface area contributed by atoms with Crippen LogP contribution in [0.1, 0.15) is 26.2 Å². The summed E-state index contributed by atoms with van der Waals surface area (Å²) in [5.41, 5.74) is 12.2. The summed E-state index contributed by atoms with van der Waals surface area (Å²) >= 11 is 0. The minimum absolute atomic E-state index is 0.634. The number of hydrogen-bond donors (Lipinski definition) is 2. The molecule has 15 heavy (non-hydrogen) atoms. The van der Waals surface area contributed by atoms with Gasteiger partial charge >= 0.3 is 0 Å². The molecular formula is C12H25N3. The number of piperidine rings is 1. The summed E-state index contributed by atoms with van der Waals surface area (Å²) in [4.78, 5) is 2.52. The van der Waals surface area contributed by atoms with E-state index in [0.29, 0.717) is 5.41 Å². The number of nitrogens with two attached hydrogens (primary N) is 2. The number of likely N-dealkylation sites (tertiary alicyclic amines) is 1. The second-order valence-electron chi connectivity index (χ2n) is 5.32. The molecular weight excluding hydrogens is 186 g/mol. The molecule has 3 heteroatoms. The van der Waals surface area contributed by atoms with Crippen LogP contribution in [0.5, 0.6) is 0 Å². The average Bonchev–Trinajstić information content (AvgIpc) is 3.02. The summed E-state index contributed by atoms with van der Waals surface area (Å²) in [7, 11) is 0. The Morgan fingerprint density at radius 3 is 2.33 bits per heavy atom. The number of rotatable bonds is 4. The van der Waals surface area contributed by atoms with Crippen LogP contribution in [0.4, 0.5) is 0 Å². The molecule has 2 unspecified atom stereocenters. The lowest BCUT2D eigenvalue weighted by atomic mass is 9.73. The maximum Gasteiger partial charge on any atom is 0.0105 e. The first kappa shape index (κ1) is 11.4. The zero-order valence-electron chi connectivity index (χ0n) is 9.91. The molecule has 1 spiro atoms. The van der Waals surface area contributed by atoms with Gasteiger partial charge in [-0.15, -0.1) is 0 Å². The quantitative estimate of drug-likeness (QED) is 0.717. The summed E-state index contributed by atoms with van der Waals surface area (Å²) in [6.45, 7) is 7.44. The maximum absolute atomic E-state index is 5.94. The summed E-state index contributed by atoms with van der Waals surface area (Å²) in [6, 6.07) is 0. The van der Waals surface area contributed by atoms with Crippen molar-refractivity contribution in [1.29, 1.82) is 0 Å².